The number of hydrogen-bond acceptors (Lipinski definition) is 2. The van der Waals surface area contributed by atoms with Crippen molar-refractivity contribution in [1.29, 1.82) is 0 Å². The highest BCUT2D eigenvalue weighted by Gasteiger charge is 2.32. The third kappa shape index (κ3) is 4.20. The van der Waals surface area contributed by atoms with Crippen LogP contribution in [0.5, 0.6) is 0 Å². The standard InChI is InChI=1S/C14H11Br2F3N2/c1-8(11-4-2-9(15)6-12(11)16)21-10-3-5-13(20-7-10)14(17,18)19/h2-8,21H,1H3. The first kappa shape index (κ1) is 16.3. The molecule has 0 spiro atoms. The summed E-state index contributed by atoms with van der Waals surface area (Å²) in [6.45, 7) is 1.92. The zero-order valence-electron chi connectivity index (χ0n) is 10.9. The molecular formula is C14H11Br2F3N2. The molecule has 0 radical (unpaired) electrons. The fraction of sp³-hybridized carbons (Fsp3) is 0.214. The average molecular weight is 424 g/mol. The summed E-state index contributed by atoms with van der Waals surface area (Å²) in [6.07, 6.45) is -3.23. The smallest absolute Gasteiger partial charge is 0.377 e. The van der Waals surface area contributed by atoms with Crippen LogP contribution in [0.15, 0.2) is 45.5 Å². The fourth-order valence-corrected chi connectivity index (χ4v) is 3.22. The number of pyridine rings is 1. The van der Waals surface area contributed by atoms with Crippen LogP contribution in [0.1, 0.15) is 24.2 Å². The summed E-state index contributed by atoms with van der Waals surface area (Å²) in [7, 11) is 0. The summed E-state index contributed by atoms with van der Waals surface area (Å²) in [6, 6.07) is 8.02. The zero-order valence-corrected chi connectivity index (χ0v) is 14.1. The second-order valence-electron chi connectivity index (χ2n) is 4.46. The second-order valence-corrected chi connectivity index (χ2v) is 6.23. The normalized spacial score (nSPS) is 13.0. The Bertz CT molecular complexity index is 627. The van der Waals surface area contributed by atoms with Gasteiger partial charge in [0.05, 0.1) is 11.9 Å². The molecule has 1 aromatic carbocycles. The van der Waals surface area contributed by atoms with Gasteiger partial charge in [0.25, 0.3) is 0 Å². The molecule has 1 heterocycles. The van der Waals surface area contributed by atoms with Gasteiger partial charge in [-0.05, 0) is 36.8 Å². The maximum absolute atomic E-state index is 12.4. The number of aromatic nitrogens is 1. The van der Waals surface area contributed by atoms with E-state index in [1.54, 1.807) is 0 Å². The van der Waals surface area contributed by atoms with Crippen LogP contribution in [0.25, 0.3) is 0 Å². The van der Waals surface area contributed by atoms with Gasteiger partial charge in [0.1, 0.15) is 5.69 Å². The minimum atomic E-state index is -4.42. The number of alkyl halides is 3. The van der Waals surface area contributed by atoms with E-state index in [9.17, 15) is 13.2 Å². The molecule has 0 fully saturated rings. The molecule has 0 amide bonds. The molecule has 1 atom stereocenters. The maximum Gasteiger partial charge on any atom is 0.433 e. The summed E-state index contributed by atoms with van der Waals surface area (Å²) in [5, 5.41) is 3.12. The highest BCUT2D eigenvalue weighted by Crippen LogP contribution is 2.30. The SMILES string of the molecule is CC(Nc1ccc(C(F)(F)F)nc1)c1ccc(Br)cc1Br. The Morgan fingerprint density at radius 3 is 2.38 bits per heavy atom. The topological polar surface area (TPSA) is 24.9 Å². The van der Waals surface area contributed by atoms with Crippen LogP contribution in [0.4, 0.5) is 18.9 Å². The minimum absolute atomic E-state index is 0.0778. The number of nitrogens with one attached hydrogen (secondary N) is 1. The number of halogens is 5. The van der Waals surface area contributed by atoms with E-state index in [0.29, 0.717) is 5.69 Å². The van der Waals surface area contributed by atoms with Crippen LogP contribution in [0.2, 0.25) is 0 Å². The van der Waals surface area contributed by atoms with E-state index in [0.717, 1.165) is 20.6 Å². The lowest BCUT2D eigenvalue weighted by atomic mass is 10.1. The molecular weight excluding hydrogens is 413 g/mol. The lowest BCUT2D eigenvalue weighted by molar-refractivity contribution is -0.141. The van der Waals surface area contributed by atoms with Gasteiger partial charge in [-0.2, -0.15) is 13.2 Å². The number of benzene rings is 1. The van der Waals surface area contributed by atoms with Gasteiger partial charge < -0.3 is 5.32 Å². The Morgan fingerprint density at radius 2 is 1.86 bits per heavy atom. The van der Waals surface area contributed by atoms with E-state index in [1.807, 2.05) is 25.1 Å². The second kappa shape index (κ2) is 6.36. The van der Waals surface area contributed by atoms with Crippen LogP contribution in [-0.2, 0) is 6.18 Å². The van der Waals surface area contributed by atoms with Crippen molar-refractivity contribution in [2.45, 2.75) is 19.1 Å². The largest absolute Gasteiger partial charge is 0.433 e. The lowest BCUT2D eigenvalue weighted by Gasteiger charge is -2.17. The summed E-state index contributed by atoms with van der Waals surface area (Å²) in [5.41, 5.74) is 0.633. The molecule has 0 saturated carbocycles. The molecule has 2 nitrogen and oxygen atoms in total. The van der Waals surface area contributed by atoms with Crippen molar-refractivity contribution in [3.63, 3.8) is 0 Å². The summed E-state index contributed by atoms with van der Waals surface area (Å²) in [4.78, 5) is 3.43. The molecule has 0 aliphatic heterocycles. The molecule has 7 heteroatoms. The first-order valence-electron chi connectivity index (χ1n) is 6.02. The molecule has 2 aromatic rings. The van der Waals surface area contributed by atoms with Gasteiger partial charge >= 0.3 is 6.18 Å². The molecule has 1 aromatic heterocycles. The van der Waals surface area contributed by atoms with Gasteiger partial charge in [-0.25, -0.2) is 4.98 Å². The van der Waals surface area contributed by atoms with Gasteiger partial charge in [-0.1, -0.05) is 37.9 Å². The third-order valence-electron chi connectivity index (χ3n) is 2.87. The van der Waals surface area contributed by atoms with Crippen LogP contribution in [0.3, 0.4) is 0 Å². The molecule has 21 heavy (non-hydrogen) atoms. The van der Waals surface area contributed by atoms with Gasteiger partial charge in [-0.3, -0.25) is 0 Å². The van der Waals surface area contributed by atoms with Gasteiger partial charge in [0, 0.05) is 15.0 Å². The molecule has 1 unspecified atom stereocenters. The van der Waals surface area contributed by atoms with E-state index in [2.05, 4.69) is 42.2 Å². The van der Waals surface area contributed by atoms with Crippen molar-refractivity contribution in [3.8, 4) is 0 Å². The molecule has 0 aliphatic rings. The van der Waals surface area contributed by atoms with Crippen molar-refractivity contribution in [2.24, 2.45) is 0 Å². The Kier molecular flexibility index (Phi) is 4.93. The molecule has 0 bridgehead atoms. The minimum Gasteiger partial charge on any atom is -0.377 e. The quantitative estimate of drug-likeness (QED) is 0.674. The fourth-order valence-electron chi connectivity index (χ4n) is 1.83. The van der Waals surface area contributed by atoms with Crippen LogP contribution in [0, 0.1) is 0 Å². The average Bonchev–Trinajstić information content (AvgIpc) is 2.38. The Balaban J connectivity index is 2.14. The van der Waals surface area contributed by atoms with Crippen molar-refractivity contribution in [3.05, 3.63) is 56.7 Å². The molecule has 112 valence electrons. The number of nitrogens with zero attached hydrogens (tertiary/aromatic N) is 1. The summed E-state index contributed by atoms with van der Waals surface area (Å²) in [5.74, 6) is 0. The number of rotatable bonds is 3. The highest BCUT2D eigenvalue weighted by molar-refractivity contribution is 9.11. The zero-order chi connectivity index (χ0) is 15.6. The van der Waals surface area contributed by atoms with Gasteiger partial charge in [0.2, 0.25) is 0 Å². The first-order chi connectivity index (χ1) is 9.77. The molecule has 2 rings (SSSR count). The van der Waals surface area contributed by atoms with E-state index < -0.39 is 11.9 Å². The molecule has 1 N–H and O–H groups in total. The number of hydrogen-bond donors (Lipinski definition) is 1. The van der Waals surface area contributed by atoms with Gasteiger partial charge in [0.15, 0.2) is 0 Å². The Morgan fingerprint density at radius 1 is 1.14 bits per heavy atom. The monoisotopic (exact) mass is 422 g/mol. The molecule has 0 saturated heterocycles. The van der Waals surface area contributed by atoms with E-state index in [-0.39, 0.29) is 6.04 Å². The summed E-state index contributed by atoms with van der Waals surface area (Å²) < 4.78 is 39.2. The van der Waals surface area contributed by atoms with Crippen molar-refractivity contribution in [2.75, 3.05) is 5.32 Å². The van der Waals surface area contributed by atoms with Crippen molar-refractivity contribution < 1.29 is 13.2 Å². The van der Waals surface area contributed by atoms with Crippen LogP contribution >= 0.6 is 31.9 Å². The van der Waals surface area contributed by atoms with Gasteiger partial charge in [-0.15, -0.1) is 0 Å². The van der Waals surface area contributed by atoms with E-state index in [4.69, 9.17) is 0 Å². The van der Waals surface area contributed by atoms with Crippen LogP contribution < -0.4 is 5.32 Å². The summed E-state index contributed by atoms with van der Waals surface area (Å²) >= 11 is 6.84. The molecule has 0 aliphatic carbocycles. The Labute approximate surface area is 137 Å². The highest BCUT2D eigenvalue weighted by atomic mass is 79.9. The van der Waals surface area contributed by atoms with E-state index >= 15 is 0 Å². The number of anilines is 1. The Hall–Kier alpha value is -1.08. The predicted molar refractivity (Wildman–Crippen MR) is 83.1 cm³/mol. The first-order valence-corrected chi connectivity index (χ1v) is 7.60. The van der Waals surface area contributed by atoms with Crippen LogP contribution in [-0.4, -0.2) is 4.98 Å². The third-order valence-corrected chi connectivity index (χ3v) is 4.05. The van der Waals surface area contributed by atoms with Crippen molar-refractivity contribution >= 4 is 37.5 Å². The lowest BCUT2D eigenvalue weighted by Crippen LogP contribution is -2.10. The van der Waals surface area contributed by atoms with Crippen molar-refractivity contribution in [1.82, 2.24) is 4.98 Å². The van der Waals surface area contributed by atoms with E-state index in [1.165, 1.54) is 12.3 Å². The maximum atomic E-state index is 12.4. The predicted octanol–water partition coefficient (Wildman–Crippen LogP) is 5.80.